The predicted octanol–water partition coefficient (Wildman–Crippen LogP) is 1.93. The normalized spacial score (nSPS) is 40.8. The van der Waals surface area contributed by atoms with Crippen molar-refractivity contribution in [1.29, 1.82) is 0 Å². The van der Waals surface area contributed by atoms with Crippen molar-refractivity contribution in [3.05, 3.63) is 0 Å². The number of aliphatic hydroxyl groups is 1. The van der Waals surface area contributed by atoms with Crippen LogP contribution in [0.5, 0.6) is 0 Å². The van der Waals surface area contributed by atoms with Gasteiger partial charge in [0.2, 0.25) is 0 Å². The molecule has 3 nitrogen and oxygen atoms in total. The molecule has 4 atom stereocenters. The molecule has 2 saturated carbocycles. The molecule has 0 aromatic carbocycles. The number of rotatable bonds is 5. The van der Waals surface area contributed by atoms with Crippen molar-refractivity contribution < 1.29 is 9.84 Å². The lowest BCUT2D eigenvalue weighted by molar-refractivity contribution is -0.0490. The van der Waals surface area contributed by atoms with E-state index < -0.39 is 0 Å². The smallest absolute Gasteiger partial charge is 0.0636 e. The van der Waals surface area contributed by atoms with Crippen molar-refractivity contribution in [2.75, 3.05) is 13.2 Å². The molecule has 0 radical (unpaired) electrons. The van der Waals surface area contributed by atoms with Crippen LogP contribution < -0.4 is 5.73 Å². The van der Waals surface area contributed by atoms with E-state index >= 15 is 0 Å². The molecule has 100 valence electrons. The van der Waals surface area contributed by atoms with Gasteiger partial charge in [-0.05, 0) is 42.4 Å². The molecule has 0 saturated heterocycles. The molecule has 2 aliphatic carbocycles. The molecule has 17 heavy (non-hydrogen) atoms. The van der Waals surface area contributed by atoms with Gasteiger partial charge >= 0.3 is 0 Å². The molecule has 0 aromatic rings. The summed E-state index contributed by atoms with van der Waals surface area (Å²) in [5, 5.41) is 8.89. The zero-order valence-electron chi connectivity index (χ0n) is 11.4. The Bertz CT molecular complexity index is 279. The fourth-order valence-corrected chi connectivity index (χ4v) is 3.84. The van der Waals surface area contributed by atoms with Crippen LogP contribution in [0.1, 0.15) is 46.5 Å². The third-order valence-corrected chi connectivity index (χ3v) is 5.76. The predicted molar refractivity (Wildman–Crippen MR) is 68.6 cm³/mol. The maximum absolute atomic E-state index is 8.89. The Morgan fingerprint density at radius 2 is 2.12 bits per heavy atom. The highest BCUT2D eigenvalue weighted by Gasteiger charge is 2.61. The van der Waals surface area contributed by atoms with Crippen LogP contribution in [0, 0.1) is 16.7 Å². The van der Waals surface area contributed by atoms with Crippen LogP contribution in [0.3, 0.4) is 0 Å². The zero-order valence-corrected chi connectivity index (χ0v) is 11.4. The summed E-state index contributed by atoms with van der Waals surface area (Å²) in [6, 6.07) is -0.130. The lowest BCUT2D eigenvalue weighted by Gasteiger charge is -2.39. The molecule has 2 aliphatic rings. The van der Waals surface area contributed by atoms with Crippen molar-refractivity contribution >= 4 is 0 Å². The summed E-state index contributed by atoms with van der Waals surface area (Å²) >= 11 is 0. The van der Waals surface area contributed by atoms with Gasteiger partial charge in [-0.15, -0.1) is 0 Å². The van der Waals surface area contributed by atoms with Gasteiger partial charge in [0.15, 0.2) is 0 Å². The third kappa shape index (κ3) is 2.02. The molecule has 0 heterocycles. The van der Waals surface area contributed by atoms with E-state index in [1.807, 2.05) is 0 Å². The second kappa shape index (κ2) is 4.52. The van der Waals surface area contributed by atoms with Gasteiger partial charge in [-0.2, -0.15) is 0 Å². The highest BCUT2D eigenvalue weighted by atomic mass is 16.5. The van der Waals surface area contributed by atoms with Gasteiger partial charge < -0.3 is 15.6 Å². The monoisotopic (exact) mass is 241 g/mol. The van der Waals surface area contributed by atoms with Crippen LogP contribution in [0.25, 0.3) is 0 Å². The molecule has 3 N–H and O–H groups in total. The SMILES string of the molecule is CC1(C)C2CCC1(C)C(OCCC(N)CO)C2. The number of aliphatic hydroxyl groups excluding tert-OH is 1. The molecular weight excluding hydrogens is 214 g/mol. The second-order valence-electron chi connectivity index (χ2n) is 6.70. The number of hydrogen-bond acceptors (Lipinski definition) is 3. The minimum atomic E-state index is -0.130. The summed E-state index contributed by atoms with van der Waals surface area (Å²) in [5.74, 6) is 0.823. The summed E-state index contributed by atoms with van der Waals surface area (Å²) in [7, 11) is 0. The molecule has 4 unspecified atom stereocenters. The molecule has 3 heteroatoms. The molecular formula is C14H27NO2. The van der Waals surface area contributed by atoms with E-state index in [1.165, 1.54) is 19.3 Å². The van der Waals surface area contributed by atoms with Gasteiger partial charge in [0.1, 0.15) is 0 Å². The van der Waals surface area contributed by atoms with E-state index in [-0.39, 0.29) is 12.6 Å². The molecule has 0 aromatic heterocycles. The Kier molecular flexibility index (Phi) is 3.54. The van der Waals surface area contributed by atoms with Crippen LogP contribution in [0.2, 0.25) is 0 Å². The van der Waals surface area contributed by atoms with Gasteiger partial charge in [0, 0.05) is 12.6 Å². The van der Waals surface area contributed by atoms with Crippen LogP contribution in [0.4, 0.5) is 0 Å². The average Bonchev–Trinajstić information content (AvgIpc) is 2.61. The molecule has 2 rings (SSSR count). The van der Waals surface area contributed by atoms with Gasteiger partial charge in [-0.1, -0.05) is 20.8 Å². The Morgan fingerprint density at radius 3 is 2.59 bits per heavy atom. The van der Waals surface area contributed by atoms with Crippen molar-refractivity contribution in [2.45, 2.75) is 58.6 Å². The number of fused-ring (bicyclic) bond motifs is 2. The average molecular weight is 241 g/mol. The molecule has 0 aliphatic heterocycles. The third-order valence-electron chi connectivity index (χ3n) is 5.76. The Hall–Kier alpha value is -0.120. The van der Waals surface area contributed by atoms with Gasteiger partial charge in [-0.3, -0.25) is 0 Å². The lowest BCUT2D eigenvalue weighted by atomic mass is 9.70. The summed E-state index contributed by atoms with van der Waals surface area (Å²) < 4.78 is 6.06. The summed E-state index contributed by atoms with van der Waals surface area (Å²) in [5.41, 5.74) is 6.44. The molecule has 2 bridgehead atoms. The Labute approximate surface area is 105 Å². The lowest BCUT2D eigenvalue weighted by Crippen LogP contribution is -2.38. The Morgan fingerprint density at radius 1 is 1.41 bits per heavy atom. The van der Waals surface area contributed by atoms with Crippen LogP contribution in [-0.4, -0.2) is 30.5 Å². The maximum Gasteiger partial charge on any atom is 0.0636 e. The van der Waals surface area contributed by atoms with E-state index in [0.29, 0.717) is 23.5 Å². The maximum atomic E-state index is 8.89. The number of ether oxygens (including phenoxy) is 1. The highest BCUT2D eigenvalue weighted by Crippen LogP contribution is 2.66. The van der Waals surface area contributed by atoms with Crippen LogP contribution >= 0.6 is 0 Å². The zero-order chi connectivity index (χ0) is 12.7. The minimum absolute atomic E-state index is 0.0550. The molecule has 0 amide bonds. The number of nitrogens with two attached hydrogens (primary N) is 1. The first kappa shape index (κ1) is 13.3. The van der Waals surface area contributed by atoms with E-state index in [2.05, 4.69) is 20.8 Å². The summed E-state index contributed by atoms with van der Waals surface area (Å²) in [6.07, 6.45) is 5.01. The van der Waals surface area contributed by atoms with Crippen molar-refractivity contribution in [2.24, 2.45) is 22.5 Å². The topological polar surface area (TPSA) is 55.5 Å². The molecule has 2 fully saturated rings. The summed E-state index contributed by atoms with van der Waals surface area (Å²) in [4.78, 5) is 0. The van der Waals surface area contributed by atoms with Crippen molar-refractivity contribution in [1.82, 2.24) is 0 Å². The largest absolute Gasteiger partial charge is 0.395 e. The van der Waals surface area contributed by atoms with Crippen molar-refractivity contribution in [3.63, 3.8) is 0 Å². The van der Waals surface area contributed by atoms with E-state index in [0.717, 1.165) is 12.3 Å². The Balaban J connectivity index is 1.88. The van der Waals surface area contributed by atoms with Crippen LogP contribution in [-0.2, 0) is 4.74 Å². The summed E-state index contributed by atoms with van der Waals surface area (Å²) in [6.45, 7) is 7.92. The van der Waals surface area contributed by atoms with Gasteiger partial charge in [-0.25, -0.2) is 0 Å². The first-order valence-corrected chi connectivity index (χ1v) is 6.90. The minimum Gasteiger partial charge on any atom is -0.395 e. The fraction of sp³-hybridized carbons (Fsp3) is 1.00. The second-order valence-corrected chi connectivity index (χ2v) is 6.70. The fourth-order valence-electron chi connectivity index (χ4n) is 3.84. The standard InChI is InChI=1S/C14H27NO2/c1-13(2)10-4-6-14(13,3)12(8-10)17-7-5-11(15)9-16/h10-12,16H,4-9,15H2,1-3H3. The van der Waals surface area contributed by atoms with Crippen LogP contribution in [0.15, 0.2) is 0 Å². The van der Waals surface area contributed by atoms with Gasteiger partial charge in [0.05, 0.1) is 12.7 Å². The van der Waals surface area contributed by atoms with Crippen molar-refractivity contribution in [3.8, 4) is 0 Å². The van der Waals surface area contributed by atoms with E-state index in [9.17, 15) is 0 Å². The van der Waals surface area contributed by atoms with Gasteiger partial charge in [0.25, 0.3) is 0 Å². The first-order chi connectivity index (χ1) is 7.91. The van der Waals surface area contributed by atoms with E-state index in [4.69, 9.17) is 15.6 Å². The van der Waals surface area contributed by atoms with E-state index in [1.54, 1.807) is 0 Å². The molecule has 0 spiro atoms. The number of hydrogen-bond donors (Lipinski definition) is 2. The highest BCUT2D eigenvalue weighted by molar-refractivity contribution is 5.11. The first-order valence-electron chi connectivity index (χ1n) is 6.90. The quantitative estimate of drug-likeness (QED) is 0.773.